The molecule has 0 aliphatic carbocycles. The molecule has 0 amide bonds. The van der Waals surface area contributed by atoms with E-state index >= 15 is 0 Å². The van der Waals surface area contributed by atoms with Gasteiger partial charge in [0.25, 0.3) is 0 Å². The van der Waals surface area contributed by atoms with Crippen LogP contribution in [0.15, 0.2) is 24.5 Å². The molecule has 0 aromatic carbocycles. The number of hydrogen-bond donors (Lipinski definition) is 1. The SMILES string of the molecule is O=C(O)C1COCC1n1cccc1. The maximum Gasteiger partial charge on any atom is 0.311 e. The highest BCUT2D eigenvalue weighted by Gasteiger charge is 2.34. The molecular formula is C9H11NO3. The summed E-state index contributed by atoms with van der Waals surface area (Å²) in [6.45, 7) is 0.809. The summed E-state index contributed by atoms with van der Waals surface area (Å²) in [5, 5.41) is 8.89. The van der Waals surface area contributed by atoms with Gasteiger partial charge in [-0.1, -0.05) is 0 Å². The highest BCUT2D eigenvalue weighted by atomic mass is 16.5. The molecule has 0 saturated carbocycles. The molecule has 1 aromatic rings. The second kappa shape index (κ2) is 3.22. The van der Waals surface area contributed by atoms with Gasteiger partial charge in [-0.2, -0.15) is 0 Å². The summed E-state index contributed by atoms with van der Waals surface area (Å²) in [5.41, 5.74) is 0. The van der Waals surface area contributed by atoms with Gasteiger partial charge in [0, 0.05) is 12.4 Å². The predicted molar refractivity (Wildman–Crippen MR) is 45.4 cm³/mol. The van der Waals surface area contributed by atoms with Crippen LogP contribution in [-0.2, 0) is 9.53 Å². The number of ether oxygens (including phenoxy) is 1. The molecule has 2 heterocycles. The molecule has 4 nitrogen and oxygen atoms in total. The minimum absolute atomic E-state index is 0.0486. The normalized spacial score (nSPS) is 27.7. The van der Waals surface area contributed by atoms with Crippen LogP contribution in [0.3, 0.4) is 0 Å². The molecule has 2 atom stereocenters. The fourth-order valence-electron chi connectivity index (χ4n) is 1.64. The van der Waals surface area contributed by atoms with E-state index in [-0.39, 0.29) is 6.04 Å². The minimum Gasteiger partial charge on any atom is -0.481 e. The molecule has 1 N–H and O–H groups in total. The average molecular weight is 181 g/mol. The lowest BCUT2D eigenvalue weighted by Gasteiger charge is -2.15. The predicted octanol–water partition coefficient (Wildman–Crippen LogP) is 0.760. The summed E-state index contributed by atoms with van der Waals surface area (Å²) in [6.07, 6.45) is 3.74. The number of rotatable bonds is 2. The first-order valence-electron chi connectivity index (χ1n) is 4.22. The van der Waals surface area contributed by atoms with Gasteiger partial charge in [-0.05, 0) is 12.1 Å². The molecule has 0 spiro atoms. The molecule has 2 unspecified atom stereocenters. The molecule has 1 saturated heterocycles. The summed E-state index contributed by atoms with van der Waals surface area (Å²) >= 11 is 0. The van der Waals surface area contributed by atoms with Crippen molar-refractivity contribution >= 4 is 5.97 Å². The molecule has 2 rings (SSSR count). The van der Waals surface area contributed by atoms with Gasteiger partial charge in [-0.25, -0.2) is 0 Å². The molecule has 13 heavy (non-hydrogen) atoms. The van der Waals surface area contributed by atoms with Gasteiger partial charge in [0.1, 0.15) is 5.92 Å². The van der Waals surface area contributed by atoms with E-state index in [4.69, 9.17) is 9.84 Å². The first-order valence-corrected chi connectivity index (χ1v) is 4.22. The van der Waals surface area contributed by atoms with Crippen molar-refractivity contribution in [2.24, 2.45) is 5.92 Å². The zero-order valence-corrected chi connectivity index (χ0v) is 7.09. The van der Waals surface area contributed by atoms with E-state index in [1.54, 1.807) is 0 Å². The van der Waals surface area contributed by atoms with Crippen molar-refractivity contribution in [3.05, 3.63) is 24.5 Å². The van der Waals surface area contributed by atoms with Gasteiger partial charge < -0.3 is 14.4 Å². The van der Waals surface area contributed by atoms with E-state index in [0.717, 1.165) is 0 Å². The van der Waals surface area contributed by atoms with Gasteiger partial charge in [-0.15, -0.1) is 0 Å². The number of carboxylic acid groups (broad SMARTS) is 1. The Hall–Kier alpha value is -1.29. The summed E-state index contributed by atoms with van der Waals surface area (Å²) in [4.78, 5) is 10.8. The molecular weight excluding hydrogens is 170 g/mol. The zero-order valence-electron chi connectivity index (χ0n) is 7.09. The Morgan fingerprint density at radius 2 is 2.08 bits per heavy atom. The van der Waals surface area contributed by atoms with Gasteiger partial charge in [-0.3, -0.25) is 4.79 Å². The van der Waals surface area contributed by atoms with Crippen LogP contribution in [0.25, 0.3) is 0 Å². The molecule has 1 aromatic heterocycles. The van der Waals surface area contributed by atoms with Gasteiger partial charge in [0.05, 0.1) is 19.3 Å². The monoisotopic (exact) mass is 181 g/mol. The standard InChI is InChI=1S/C9H11NO3/c11-9(12)7-5-13-6-8(7)10-3-1-2-4-10/h1-4,7-8H,5-6H2,(H,11,12). The van der Waals surface area contributed by atoms with Crippen molar-refractivity contribution < 1.29 is 14.6 Å². The number of carbonyl (C=O) groups is 1. The van der Waals surface area contributed by atoms with Crippen molar-refractivity contribution in [2.75, 3.05) is 13.2 Å². The third kappa shape index (κ3) is 1.45. The zero-order chi connectivity index (χ0) is 9.26. The second-order valence-corrected chi connectivity index (χ2v) is 3.18. The Kier molecular flexibility index (Phi) is 2.06. The third-order valence-electron chi connectivity index (χ3n) is 2.38. The molecule has 4 heteroatoms. The largest absolute Gasteiger partial charge is 0.481 e. The van der Waals surface area contributed by atoms with Crippen LogP contribution in [0.4, 0.5) is 0 Å². The van der Waals surface area contributed by atoms with Gasteiger partial charge in [0.2, 0.25) is 0 Å². The maximum atomic E-state index is 10.8. The summed E-state index contributed by atoms with van der Waals surface area (Å²) in [5.74, 6) is -1.19. The average Bonchev–Trinajstić information content (AvgIpc) is 2.74. The molecule has 1 fully saturated rings. The van der Waals surface area contributed by atoms with Crippen LogP contribution >= 0.6 is 0 Å². The first kappa shape index (κ1) is 8.31. The lowest BCUT2D eigenvalue weighted by atomic mass is 10.0. The quantitative estimate of drug-likeness (QED) is 0.732. The Balaban J connectivity index is 2.19. The molecule has 0 bridgehead atoms. The summed E-state index contributed by atoms with van der Waals surface area (Å²) < 4.78 is 7.05. The van der Waals surface area contributed by atoms with Crippen molar-refractivity contribution in [3.63, 3.8) is 0 Å². The van der Waals surface area contributed by atoms with Gasteiger partial charge in [0.15, 0.2) is 0 Å². The van der Waals surface area contributed by atoms with Crippen LogP contribution in [0.1, 0.15) is 6.04 Å². The van der Waals surface area contributed by atoms with Crippen LogP contribution < -0.4 is 0 Å². The van der Waals surface area contributed by atoms with Crippen LogP contribution in [0, 0.1) is 5.92 Å². The fourth-order valence-corrected chi connectivity index (χ4v) is 1.64. The lowest BCUT2D eigenvalue weighted by molar-refractivity contribution is -0.142. The van der Waals surface area contributed by atoms with Crippen LogP contribution in [0.2, 0.25) is 0 Å². The van der Waals surface area contributed by atoms with E-state index in [0.29, 0.717) is 13.2 Å². The number of carboxylic acids is 1. The fraction of sp³-hybridized carbons (Fsp3) is 0.444. The summed E-state index contributed by atoms with van der Waals surface area (Å²) in [6, 6.07) is 3.72. The molecule has 70 valence electrons. The molecule has 0 radical (unpaired) electrons. The summed E-state index contributed by atoms with van der Waals surface area (Å²) in [7, 11) is 0. The van der Waals surface area contributed by atoms with E-state index in [1.807, 2.05) is 29.1 Å². The van der Waals surface area contributed by atoms with E-state index in [2.05, 4.69) is 0 Å². The lowest BCUT2D eigenvalue weighted by Crippen LogP contribution is -2.24. The first-order chi connectivity index (χ1) is 6.29. The smallest absolute Gasteiger partial charge is 0.311 e. The Bertz CT molecular complexity index is 294. The van der Waals surface area contributed by atoms with Crippen LogP contribution in [0.5, 0.6) is 0 Å². The second-order valence-electron chi connectivity index (χ2n) is 3.18. The Morgan fingerprint density at radius 3 is 2.69 bits per heavy atom. The minimum atomic E-state index is -0.781. The number of aromatic nitrogens is 1. The topological polar surface area (TPSA) is 51.5 Å². The number of nitrogens with zero attached hydrogens (tertiary/aromatic N) is 1. The highest BCUT2D eigenvalue weighted by Crippen LogP contribution is 2.25. The van der Waals surface area contributed by atoms with Crippen molar-refractivity contribution in [1.82, 2.24) is 4.57 Å². The highest BCUT2D eigenvalue weighted by molar-refractivity contribution is 5.71. The number of hydrogen-bond acceptors (Lipinski definition) is 2. The van der Waals surface area contributed by atoms with E-state index in [9.17, 15) is 4.79 Å². The van der Waals surface area contributed by atoms with E-state index < -0.39 is 11.9 Å². The molecule has 1 aliphatic heterocycles. The van der Waals surface area contributed by atoms with Crippen molar-refractivity contribution in [3.8, 4) is 0 Å². The van der Waals surface area contributed by atoms with Crippen molar-refractivity contribution in [1.29, 1.82) is 0 Å². The molecule has 1 aliphatic rings. The number of aliphatic carboxylic acids is 1. The van der Waals surface area contributed by atoms with E-state index in [1.165, 1.54) is 0 Å². The Labute approximate surface area is 75.7 Å². The maximum absolute atomic E-state index is 10.8. The third-order valence-corrected chi connectivity index (χ3v) is 2.38. The van der Waals surface area contributed by atoms with Crippen molar-refractivity contribution in [2.45, 2.75) is 6.04 Å². The van der Waals surface area contributed by atoms with Crippen LogP contribution in [-0.4, -0.2) is 28.9 Å². The van der Waals surface area contributed by atoms with Gasteiger partial charge >= 0.3 is 5.97 Å². The Morgan fingerprint density at radius 1 is 1.38 bits per heavy atom.